The molecule has 0 aromatic heterocycles. The number of hydrogen-bond donors (Lipinski definition) is 1. The molecule has 1 saturated carbocycles. The summed E-state index contributed by atoms with van der Waals surface area (Å²) in [6, 6.07) is 0.310. The zero-order chi connectivity index (χ0) is 13.7. The van der Waals surface area contributed by atoms with E-state index in [-0.39, 0.29) is 11.9 Å². The van der Waals surface area contributed by atoms with Gasteiger partial charge in [0.1, 0.15) is 6.04 Å². The van der Waals surface area contributed by atoms with Crippen LogP contribution in [0.25, 0.3) is 0 Å². The lowest BCUT2D eigenvalue weighted by atomic mass is 9.65. The lowest BCUT2D eigenvalue weighted by Gasteiger charge is -2.39. The second kappa shape index (κ2) is 4.45. The molecule has 1 amide bonds. The van der Waals surface area contributed by atoms with Gasteiger partial charge in [-0.3, -0.25) is 4.79 Å². The van der Waals surface area contributed by atoms with Crippen molar-refractivity contribution < 1.29 is 9.53 Å². The van der Waals surface area contributed by atoms with Gasteiger partial charge in [-0.25, -0.2) is 0 Å². The van der Waals surface area contributed by atoms with Crippen molar-refractivity contribution in [3.8, 4) is 0 Å². The molecule has 3 rings (SSSR count). The Hall–Kier alpha value is -0.610. The fraction of sp³-hybridized carbons (Fsp3) is 0.933. The van der Waals surface area contributed by atoms with Crippen molar-refractivity contribution >= 4 is 5.91 Å². The highest BCUT2D eigenvalue weighted by Crippen LogP contribution is 2.52. The summed E-state index contributed by atoms with van der Waals surface area (Å²) in [6.07, 6.45) is 3.55. The molecule has 2 bridgehead atoms. The molecular weight excluding hydrogens is 240 g/mol. The van der Waals surface area contributed by atoms with E-state index in [1.54, 1.807) is 0 Å². The molecule has 108 valence electrons. The molecule has 2 saturated heterocycles. The first-order chi connectivity index (χ1) is 8.89. The molecule has 3 atom stereocenters. The van der Waals surface area contributed by atoms with Crippen molar-refractivity contribution in [2.45, 2.75) is 52.1 Å². The molecule has 3 fully saturated rings. The number of rotatable bonds is 1. The minimum Gasteiger partial charge on any atom is -0.378 e. The maximum atomic E-state index is 12.7. The van der Waals surface area contributed by atoms with E-state index in [9.17, 15) is 4.79 Å². The van der Waals surface area contributed by atoms with Gasteiger partial charge in [-0.15, -0.1) is 0 Å². The molecule has 0 aromatic rings. The lowest BCUT2D eigenvalue weighted by Crippen LogP contribution is -2.53. The monoisotopic (exact) mass is 266 g/mol. The van der Waals surface area contributed by atoms with Crippen LogP contribution in [0.1, 0.15) is 40.0 Å². The van der Waals surface area contributed by atoms with Gasteiger partial charge < -0.3 is 15.0 Å². The number of carbonyl (C=O) groups excluding carboxylic acids is 1. The first-order valence-electron chi connectivity index (χ1n) is 7.50. The summed E-state index contributed by atoms with van der Waals surface area (Å²) >= 11 is 0. The standard InChI is InChI=1S/C15H26N2O2/c1-14(2)6-11-7-15(3,9-14)10-17(11)13(18)12-8-19-5-4-16-12/h11-12,16H,4-10H2,1-3H3. The van der Waals surface area contributed by atoms with Crippen molar-refractivity contribution in [2.24, 2.45) is 10.8 Å². The Morgan fingerprint density at radius 1 is 1.32 bits per heavy atom. The molecule has 1 N–H and O–H groups in total. The number of amides is 1. The SMILES string of the molecule is CC1(C)CC2CC(C)(CN2C(=O)C2COCCN2)C1. The van der Waals surface area contributed by atoms with Gasteiger partial charge in [-0.2, -0.15) is 0 Å². The number of morpholine rings is 1. The van der Waals surface area contributed by atoms with Gasteiger partial charge >= 0.3 is 0 Å². The average molecular weight is 266 g/mol. The molecule has 4 nitrogen and oxygen atoms in total. The Balaban J connectivity index is 1.74. The molecule has 19 heavy (non-hydrogen) atoms. The zero-order valence-electron chi connectivity index (χ0n) is 12.4. The minimum atomic E-state index is -0.125. The third kappa shape index (κ3) is 2.52. The van der Waals surface area contributed by atoms with Crippen LogP contribution < -0.4 is 5.32 Å². The molecule has 1 aliphatic carbocycles. The summed E-state index contributed by atoms with van der Waals surface area (Å²) < 4.78 is 5.43. The van der Waals surface area contributed by atoms with Crippen molar-refractivity contribution in [3.05, 3.63) is 0 Å². The van der Waals surface area contributed by atoms with Crippen molar-refractivity contribution in [1.82, 2.24) is 10.2 Å². The second-order valence-electron chi connectivity index (χ2n) is 7.76. The molecule has 3 aliphatic rings. The summed E-state index contributed by atoms with van der Waals surface area (Å²) in [4.78, 5) is 14.8. The smallest absolute Gasteiger partial charge is 0.242 e. The number of carbonyl (C=O) groups is 1. The summed E-state index contributed by atoms with van der Waals surface area (Å²) in [5.41, 5.74) is 0.681. The molecule has 3 unspecified atom stereocenters. The Labute approximate surface area is 115 Å². The van der Waals surface area contributed by atoms with Crippen LogP contribution in [0.5, 0.6) is 0 Å². The molecule has 0 spiro atoms. The average Bonchev–Trinajstić information content (AvgIpc) is 2.59. The van der Waals surface area contributed by atoms with Crippen LogP contribution in [-0.2, 0) is 9.53 Å². The number of nitrogens with zero attached hydrogens (tertiary/aromatic N) is 1. The van der Waals surface area contributed by atoms with E-state index in [4.69, 9.17) is 4.74 Å². The summed E-state index contributed by atoms with van der Waals surface area (Å²) in [5.74, 6) is 0.256. The van der Waals surface area contributed by atoms with Gasteiger partial charge in [0.15, 0.2) is 0 Å². The quantitative estimate of drug-likeness (QED) is 0.780. The maximum absolute atomic E-state index is 12.7. The van der Waals surface area contributed by atoms with Gasteiger partial charge in [0.2, 0.25) is 5.91 Å². The first-order valence-corrected chi connectivity index (χ1v) is 7.50. The molecule has 0 radical (unpaired) electrons. The predicted octanol–water partition coefficient (Wildman–Crippen LogP) is 1.40. The van der Waals surface area contributed by atoms with Crippen LogP contribution in [0.3, 0.4) is 0 Å². The van der Waals surface area contributed by atoms with Crippen molar-refractivity contribution in [3.63, 3.8) is 0 Å². The third-order valence-electron chi connectivity index (χ3n) is 4.92. The largest absolute Gasteiger partial charge is 0.378 e. The summed E-state index contributed by atoms with van der Waals surface area (Å²) in [5, 5.41) is 3.29. The van der Waals surface area contributed by atoms with Gasteiger partial charge in [0.05, 0.1) is 13.2 Å². The highest BCUT2D eigenvalue weighted by atomic mass is 16.5. The van der Waals surface area contributed by atoms with Crippen LogP contribution in [0.2, 0.25) is 0 Å². The first kappa shape index (κ1) is 13.4. The van der Waals surface area contributed by atoms with E-state index in [0.29, 0.717) is 23.5 Å². The van der Waals surface area contributed by atoms with Crippen molar-refractivity contribution in [1.29, 1.82) is 0 Å². The summed E-state index contributed by atoms with van der Waals surface area (Å²) in [6.45, 7) is 10.00. The number of hydrogen-bond acceptors (Lipinski definition) is 3. The number of fused-ring (bicyclic) bond motifs is 2. The van der Waals surface area contributed by atoms with Crippen LogP contribution in [0, 0.1) is 10.8 Å². The van der Waals surface area contributed by atoms with E-state index in [0.717, 1.165) is 26.1 Å². The van der Waals surface area contributed by atoms with E-state index >= 15 is 0 Å². The number of likely N-dealkylation sites (tertiary alicyclic amines) is 1. The van der Waals surface area contributed by atoms with E-state index < -0.39 is 0 Å². The Kier molecular flexibility index (Phi) is 3.13. The molecular formula is C15H26N2O2. The third-order valence-corrected chi connectivity index (χ3v) is 4.92. The normalized spacial score (nSPS) is 41.3. The van der Waals surface area contributed by atoms with Gasteiger partial charge in [-0.05, 0) is 30.1 Å². The fourth-order valence-corrected chi connectivity index (χ4v) is 4.64. The number of nitrogens with one attached hydrogen (secondary N) is 1. The molecule has 0 aromatic carbocycles. The molecule has 2 heterocycles. The zero-order valence-corrected chi connectivity index (χ0v) is 12.4. The fourth-order valence-electron chi connectivity index (χ4n) is 4.64. The molecule has 4 heteroatoms. The molecule has 2 aliphatic heterocycles. The van der Waals surface area contributed by atoms with Crippen molar-refractivity contribution in [2.75, 3.05) is 26.3 Å². The van der Waals surface area contributed by atoms with Gasteiger partial charge in [0.25, 0.3) is 0 Å². The second-order valence-corrected chi connectivity index (χ2v) is 7.76. The van der Waals surface area contributed by atoms with E-state index in [2.05, 4.69) is 31.0 Å². The predicted molar refractivity (Wildman–Crippen MR) is 73.8 cm³/mol. The highest BCUT2D eigenvalue weighted by Gasteiger charge is 2.51. The Morgan fingerprint density at radius 3 is 2.79 bits per heavy atom. The Bertz CT molecular complexity index is 376. The minimum absolute atomic E-state index is 0.125. The van der Waals surface area contributed by atoms with E-state index in [1.165, 1.54) is 12.8 Å². The van der Waals surface area contributed by atoms with Gasteiger partial charge in [0, 0.05) is 19.1 Å². The van der Waals surface area contributed by atoms with Crippen LogP contribution in [0.15, 0.2) is 0 Å². The maximum Gasteiger partial charge on any atom is 0.242 e. The topological polar surface area (TPSA) is 41.6 Å². The van der Waals surface area contributed by atoms with Crippen LogP contribution in [0.4, 0.5) is 0 Å². The summed E-state index contributed by atoms with van der Waals surface area (Å²) in [7, 11) is 0. The van der Waals surface area contributed by atoms with Crippen LogP contribution >= 0.6 is 0 Å². The van der Waals surface area contributed by atoms with Crippen LogP contribution in [-0.4, -0.2) is 49.2 Å². The highest BCUT2D eigenvalue weighted by molar-refractivity contribution is 5.83. The lowest BCUT2D eigenvalue weighted by molar-refractivity contribution is -0.137. The van der Waals surface area contributed by atoms with Gasteiger partial charge in [-0.1, -0.05) is 20.8 Å². The number of ether oxygens (including phenoxy) is 1. The Morgan fingerprint density at radius 2 is 2.11 bits per heavy atom. The van der Waals surface area contributed by atoms with E-state index in [1.807, 2.05) is 0 Å².